The van der Waals surface area contributed by atoms with Crippen LogP contribution in [0.1, 0.15) is 0 Å². The SMILES string of the molecule is c1cc2ccc3cc[c]([Bi]([c]4ccc5ccc6cccc7ccc4c5c67)[c]4ccc5ccc6cccc7ccc4c5c67)c4ccc(c1)c2c34. The molecule has 0 saturated carbocycles. The molecule has 0 spiro atoms. The van der Waals surface area contributed by atoms with Crippen LogP contribution in [0.2, 0.25) is 0 Å². The summed E-state index contributed by atoms with van der Waals surface area (Å²) in [6.07, 6.45) is 0. The second kappa shape index (κ2) is 9.63. The van der Waals surface area contributed by atoms with E-state index in [1.54, 1.807) is 9.81 Å². The van der Waals surface area contributed by atoms with Crippen molar-refractivity contribution in [3.8, 4) is 0 Å². The molecule has 12 aromatic carbocycles. The van der Waals surface area contributed by atoms with Gasteiger partial charge in [0, 0.05) is 0 Å². The molecule has 49 heavy (non-hydrogen) atoms. The average Bonchev–Trinajstić information content (AvgIpc) is 3.16. The summed E-state index contributed by atoms with van der Waals surface area (Å²) in [4.78, 5) is 0. The number of hydrogen-bond acceptors (Lipinski definition) is 0. The summed E-state index contributed by atoms with van der Waals surface area (Å²) >= 11 is -3.10. The molecule has 0 saturated heterocycles. The van der Waals surface area contributed by atoms with E-state index in [4.69, 9.17) is 0 Å². The second-order valence-corrected chi connectivity index (χ2v) is 21.9. The number of hydrogen-bond donors (Lipinski definition) is 0. The zero-order valence-corrected chi connectivity index (χ0v) is 30.0. The van der Waals surface area contributed by atoms with Crippen molar-refractivity contribution in [2.24, 2.45) is 0 Å². The fourth-order valence-electron chi connectivity index (χ4n) is 9.13. The zero-order chi connectivity index (χ0) is 31.8. The Labute approximate surface area is 290 Å². The fourth-order valence-corrected chi connectivity index (χ4v) is 19.8. The van der Waals surface area contributed by atoms with E-state index in [0.29, 0.717) is 0 Å². The molecule has 0 nitrogen and oxygen atoms in total. The van der Waals surface area contributed by atoms with E-state index in [-0.39, 0.29) is 0 Å². The Bertz CT molecular complexity index is 2880. The molecule has 0 aliphatic rings. The van der Waals surface area contributed by atoms with Crippen LogP contribution in [-0.2, 0) is 0 Å². The van der Waals surface area contributed by atoms with Crippen LogP contribution >= 0.6 is 0 Å². The Hall–Kier alpha value is -5.36. The van der Waals surface area contributed by atoms with Crippen LogP contribution < -0.4 is 9.81 Å². The number of rotatable bonds is 3. The van der Waals surface area contributed by atoms with Gasteiger partial charge in [0.15, 0.2) is 0 Å². The first kappa shape index (κ1) is 26.6. The first-order valence-electron chi connectivity index (χ1n) is 17.1. The Morgan fingerprint density at radius 2 is 0.429 bits per heavy atom. The van der Waals surface area contributed by atoms with Crippen LogP contribution in [0.4, 0.5) is 0 Å². The standard InChI is InChI=1S/3C16H9.Bi/c3*1-3-11-7-9-13-5-2-6-14-10-8-12(4-1)15(11)16(13)14;/h3*1-5,7-10H;. The molecule has 0 amide bonds. The Kier molecular flexibility index (Phi) is 5.22. The van der Waals surface area contributed by atoms with Gasteiger partial charge in [-0.25, -0.2) is 0 Å². The molecule has 0 bridgehead atoms. The normalized spacial score (nSPS) is 12.7. The molecule has 12 rings (SSSR count). The van der Waals surface area contributed by atoms with Crippen molar-refractivity contribution in [1.82, 2.24) is 0 Å². The first-order chi connectivity index (χ1) is 24.3. The van der Waals surface area contributed by atoms with E-state index in [1.807, 2.05) is 0 Å². The summed E-state index contributed by atoms with van der Waals surface area (Å²) in [6.45, 7) is 0. The molecule has 0 aliphatic carbocycles. The Morgan fingerprint density at radius 3 is 0.714 bits per heavy atom. The van der Waals surface area contributed by atoms with Crippen molar-refractivity contribution in [2.75, 3.05) is 0 Å². The van der Waals surface area contributed by atoms with Gasteiger partial charge in [-0.15, -0.1) is 0 Å². The van der Waals surface area contributed by atoms with Crippen molar-refractivity contribution >= 4 is 129 Å². The monoisotopic (exact) mass is 812 g/mol. The third-order valence-corrected chi connectivity index (χ3v) is 21.4. The Morgan fingerprint density at radius 1 is 0.204 bits per heavy atom. The quantitative estimate of drug-likeness (QED) is 0.123. The first-order valence-corrected chi connectivity index (χ1v) is 22.3. The van der Waals surface area contributed by atoms with E-state index >= 15 is 0 Å². The van der Waals surface area contributed by atoms with Crippen molar-refractivity contribution in [3.63, 3.8) is 0 Å². The molecule has 0 atom stereocenters. The minimum absolute atomic E-state index is 1.32. The molecule has 224 valence electrons. The molecule has 12 aromatic rings. The molecular weight excluding hydrogens is 786 g/mol. The van der Waals surface area contributed by atoms with Crippen LogP contribution in [-0.4, -0.2) is 21.8 Å². The zero-order valence-electron chi connectivity index (χ0n) is 26.5. The van der Waals surface area contributed by atoms with E-state index in [0.717, 1.165) is 0 Å². The summed E-state index contributed by atoms with van der Waals surface area (Å²) in [6, 6.07) is 63.3. The van der Waals surface area contributed by atoms with Gasteiger partial charge in [0.1, 0.15) is 0 Å². The molecule has 0 aromatic heterocycles. The molecule has 0 fully saturated rings. The van der Waals surface area contributed by atoms with Crippen molar-refractivity contribution in [2.45, 2.75) is 0 Å². The average molecular weight is 813 g/mol. The maximum absolute atomic E-state index is 3.10. The van der Waals surface area contributed by atoms with E-state index in [1.165, 1.54) is 97.0 Å². The minimum atomic E-state index is -3.10. The molecule has 0 aliphatic heterocycles. The third kappa shape index (κ3) is 3.51. The summed E-state index contributed by atoms with van der Waals surface area (Å²) < 4.78 is 4.68. The molecule has 0 heterocycles. The summed E-state index contributed by atoms with van der Waals surface area (Å²) in [7, 11) is 0. The van der Waals surface area contributed by atoms with Gasteiger partial charge >= 0.3 is 292 Å². The van der Waals surface area contributed by atoms with Crippen LogP contribution in [0.3, 0.4) is 0 Å². The van der Waals surface area contributed by atoms with Gasteiger partial charge in [0.2, 0.25) is 0 Å². The summed E-state index contributed by atoms with van der Waals surface area (Å²) in [5.41, 5.74) is 0. The van der Waals surface area contributed by atoms with Gasteiger partial charge in [-0.2, -0.15) is 0 Å². The van der Waals surface area contributed by atoms with Crippen LogP contribution in [0.5, 0.6) is 0 Å². The molecule has 0 radical (unpaired) electrons. The van der Waals surface area contributed by atoms with Gasteiger partial charge < -0.3 is 0 Å². The summed E-state index contributed by atoms with van der Waals surface area (Å²) in [5.74, 6) is 0. The van der Waals surface area contributed by atoms with Gasteiger partial charge in [-0.1, -0.05) is 0 Å². The van der Waals surface area contributed by atoms with Crippen molar-refractivity contribution in [3.05, 3.63) is 164 Å². The van der Waals surface area contributed by atoms with Gasteiger partial charge in [0.25, 0.3) is 0 Å². The van der Waals surface area contributed by atoms with E-state index in [9.17, 15) is 0 Å². The van der Waals surface area contributed by atoms with Crippen molar-refractivity contribution in [1.29, 1.82) is 0 Å². The number of benzene rings is 12. The van der Waals surface area contributed by atoms with Crippen LogP contribution in [0.15, 0.2) is 164 Å². The molecule has 1 heteroatoms. The predicted octanol–water partition coefficient (Wildman–Crippen LogP) is 10.9. The van der Waals surface area contributed by atoms with Gasteiger partial charge in [-0.3, -0.25) is 0 Å². The fraction of sp³-hybridized carbons (Fsp3) is 0. The topological polar surface area (TPSA) is 0 Å². The predicted molar refractivity (Wildman–Crippen MR) is 215 cm³/mol. The van der Waals surface area contributed by atoms with Gasteiger partial charge in [0.05, 0.1) is 0 Å². The van der Waals surface area contributed by atoms with E-state index in [2.05, 4.69) is 164 Å². The maximum atomic E-state index is 2.51. The second-order valence-electron chi connectivity index (χ2n) is 13.7. The molecule has 0 N–H and O–H groups in total. The molecular formula is C48H27Bi. The van der Waals surface area contributed by atoms with E-state index < -0.39 is 21.8 Å². The summed E-state index contributed by atoms with van der Waals surface area (Å²) in [5, 5.41) is 24.7. The molecule has 0 unspecified atom stereocenters. The Balaban J connectivity index is 1.27. The van der Waals surface area contributed by atoms with Crippen LogP contribution in [0, 0.1) is 0 Å². The van der Waals surface area contributed by atoms with Gasteiger partial charge in [-0.05, 0) is 0 Å². The van der Waals surface area contributed by atoms with Crippen molar-refractivity contribution < 1.29 is 0 Å². The third-order valence-electron chi connectivity index (χ3n) is 11.2. The van der Waals surface area contributed by atoms with Crippen LogP contribution in [0.25, 0.3) is 97.0 Å².